The first-order valence-electron chi connectivity index (χ1n) is 6.57. The standard InChI is InChI=1S/C15H15Cl2NO3/c1-9-7-8-18(14(9)15(20)21)12(19)6-5-10-3-2-4-11(16)13(10)17/h2-6,9,14H,7-8H2,1H3,(H,20,21)/b6-5+. The third-order valence-electron chi connectivity index (χ3n) is 3.62. The second-order valence-corrected chi connectivity index (χ2v) is 5.84. The van der Waals surface area contributed by atoms with Crippen molar-refractivity contribution in [3.05, 3.63) is 39.9 Å². The topological polar surface area (TPSA) is 57.6 Å². The molecule has 4 nitrogen and oxygen atoms in total. The number of aliphatic carboxylic acids is 1. The Bertz CT molecular complexity index is 601. The van der Waals surface area contributed by atoms with Crippen LogP contribution in [0.5, 0.6) is 0 Å². The van der Waals surface area contributed by atoms with Crippen LogP contribution < -0.4 is 0 Å². The first kappa shape index (κ1) is 15.9. The van der Waals surface area contributed by atoms with E-state index < -0.39 is 12.0 Å². The maximum absolute atomic E-state index is 12.2. The number of likely N-dealkylation sites (tertiary alicyclic amines) is 1. The van der Waals surface area contributed by atoms with Crippen molar-refractivity contribution in [2.24, 2.45) is 5.92 Å². The van der Waals surface area contributed by atoms with Gasteiger partial charge in [-0.2, -0.15) is 0 Å². The number of nitrogens with zero attached hydrogens (tertiary/aromatic N) is 1. The number of carbonyl (C=O) groups is 2. The number of benzene rings is 1. The van der Waals surface area contributed by atoms with Crippen LogP contribution in [0.3, 0.4) is 0 Å². The predicted molar refractivity (Wildman–Crippen MR) is 82.4 cm³/mol. The van der Waals surface area contributed by atoms with Crippen molar-refractivity contribution in [3.63, 3.8) is 0 Å². The molecule has 0 aromatic heterocycles. The highest BCUT2D eigenvalue weighted by Crippen LogP contribution is 2.27. The fraction of sp³-hybridized carbons (Fsp3) is 0.333. The van der Waals surface area contributed by atoms with Crippen molar-refractivity contribution >= 4 is 41.2 Å². The molecule has 2 unspecified atom stereocenters. The van der Waals surface area contributed by atoms with E-state index in [2.05, 4.69) is 0 Å². The molecular weight excluding hydrogens is 313 g/mol. The molecule has 1 saturated heterocycles. The molecule has 1 N–H and O–H groups in total. The first-order valence-corrected chi connectivity index (χ1v) is 7.33. The van der Waals surface area contributed by atoms with Crippen LogP contribution in [0, 0.1) is 5.92 Å². The average Bonchev–Trinajstić information content (AvgIpc) is 2.82. The number of hydrogen-bond acceptors (Lipinski definition) is 2. The van der Waals surface area contributed by atoms with Gasteiger partial charge in [-0.25, -0.2) is 4.79 Å². The molecule has 0 saturated carbocycles. The van der Waals surface area contributed by atoms with Crippen LogP contribution in [0.15, 0.2) is 24.3 Å². The van der Waals surface area contributed by atoms with E-state index in [-0.39, 0.29) is 11.8 Å². The Morgan fingerprint density at radius 2 is 2.10 bits per heavy atom. The Balaban J connectivity index is 2.16. The Kier molecular flexibility index (Phi) is 4.91. The fourth-order valence-corrected chi connectivity index (χ4v) is 2.85. The summed E-state index contributed by atoms with van der Waals surface area (Å²) < 4.78 is 0. The van der Waals surface area contributed by atoms with Crippen molar-refractivity contribution in [1.82, 2.24) is 4.90 Å². The summed E-state index contributed by atoms with van der Waals surface area (Å²) in [5.41, 5.74) is 0.622. The average molecular weight is 328 g/mol. The molecule has 0 spiro atoms. The van der Waals surface area contributed by atoms with Gasteiger partial charge in [0.1, 0.15) is 6.04 Å². The molecule has 21 heavy (non-hydrogen) atoms. The molecule has 0 aliphatic carbocycles. The van der Waals surface area contributed by atoms with Crippen LogP contribution in [-0.4, -0.2) is 34.5 Å². The van der Waals surface area contributed by atoms with Crippen molar-refractivity contribution in [2.45, 2.75) is 19.4 Å². The fourth-order valence-electron chi connectivity index (χ4n) is 2.48. The summed E-state index contributed by atoms with van der Waals surface area (Å²) in [5.74, 6) is -1.35. The summed E-state index contributed by atoms with van der Waals surface area (Å²) in [6, 6.07) is 4.36. The number of amides is 1. The zero-order chi connectivity index (χ0) is 15.6. The predicted octanol–water partition coefficient (Wildman–Crippen LogP) is 3.33. The third-order valence-corrected chi connectivity index (χ3v) is 4.46. The van der Waals surface area contributed by atoms with Crippen LogP contribution in [-0.2, 0) is 9.59 Å². The van der Waals surface area contributed by atoms with Gasteiger partial charge in [0.05, 0.1) is 10.0 Å². The lowest BCUT2D eigenvalue weighted by molar-refractivity contribution is -0.147. The van der Waals surface area contributed by atoms with Gasteiger partial charge in [-0.3, -0.25) is 4.79 Å². The Hall–Kier alpha value is -1.52. The number of hydrogen-bond donors (Lipinski definition) is 1. The van der Waals surface area contributed by atoms with E-state index in [1.54, 1.807) is 24.3 Å². The number of carboxylic acid groups (broad SMARTS) is 1. The van der Waals surface area contributed by atoms with Gasteiger partial charge in [0.15, 0.2) is 0 Å². The van der Waals surface area contributed by atoms with E-state index in [4.69, 9.17) is 23.2 Å². The van der Waals surface area contributed by atoms with Crippen LogP contribution in [0.25, 0.3) is 6.08 Å². The molecule has 0 radical (unpaired) electrons. The van der Waals surface area contributed by atoms with E-state index >= 15 is 0 Å². The van der Waals surface area contributed by atoms with Gasteiger partial charge < -0.3 is 10.0 Å². The monoisotopic (exact) mass is 327 g/mol. The molecule has 112 valence electrons. The Morgan fingerprint density at radius 1 is 1.38 bits per heavy atom. The summed E-state index contributed by atoms with van der Waals surface area (Å²) in [6.45, 7) is 2.29. The highest BCUT2D eigenvalue weighted by atomic mass is 35.5. The zero-order valence-electron chi connectivity index (χ0n) is 11.4. The lowest BCUT2D eigenvalue weighted by Gasteiger charge is -2.21. The Morgan fingerprint density at radius 3 is 2.76 bits per heavy atom. The SMILES string of the molecule is CC1CCN(C(=O)/C=C/c2cccc(Cl)c2Cl)C1C(=O)O. The van der Waals surface area contributed by atoms with Crippen LogP contribution >= 0.6 is 23.2 Å². The van der Waals surface area contributed by atoms with E-state index in [1.165, 1.54) is 11.0 Å². The minimum atomic E-state index is -0.970. The summed E-state index contributed by atoms with van der Waals surface area (Å²) in [6.07, 6.45) is 3.58. The van der Waals surface area contributed by atoms with E-state index in [0.29, 0.717) is 28.6 Å². The largest absolute Gasteiger partial charge is 0.480 e. The number of halogens is 2. The van der Waals surface area contributed by atoms with Crippen LogP contribution in [0.2, 0.25) is 10.0 Å². The minimum absolute atomic E-state index is 0.0467. The minimum Gasteiger partial charge on any atom is -0.480 e. The van der Waals surface area contributed by atoms with Gasteiger partial charge in [-0.05, 0) is 30.0 Å². The molecule has 1 fully saturated rings. The maximum atomic E-state index is 12.2. The molecule has 0 bridgehead atoms. The summed E-state index contributed by atoms with van der Waals surface area (Å²) in [7, 11) is 0. The molecule has 6 heteroatoms. The van der Waals surface area contributed by atoms with Crippen molar-refractivity contribution in [2.75, 3.05) is 6.54 Å². The van der Waals surface area contributed by atoms with Gasteiger partial charge in [0, 0.05) is 12.6 Å². The third kappa shape index (κ3) is 3.39. The van der Waals surface area contributed by atoms with Crippen molar-refractivity contribution in [3.8, 4) is 0 Å². The number of rotatable bonds is 3. The molecule has 1 heterocycles. The summed E-state index contributed by atoms with van der Waals surface area (Å²) in [4.78, 5) is 24.8. The molecular formula is C15H15Cl2NO3. The second kappa shape index (κ2) is 6.50. The summed E-state index contributed by atoms with van der Waals surface area (Å²) in [5, 5.41) is 9.99. The van der Waals surface area contributed by atoms with Crippen LogP contribution in [0.1, 0.15) is 18.9 Å². The molecule has 1 aromatic carbocycles. The van der Waals surface area contributed by atoms with E-state index in [0.717, 1.165) is 0 Å². The normalized spacial score (nSPS) is 22.0. The smallest absolute Gasteiger partial charge is 0.326 e. The van der Waals surface area contributed by atoms with Gasteiger partial charge in [-0.15, -0.1) is 0 Å². The zero-order valence-corrected chi connectivity index (χ0v) is 12.9. The molecule has 2 atom stereocenters. The molecule has 1 amide bonds. The molecule has 1 aliphatic rings. The van der Waals surface area contributed by atoms with Gasteiger partial charge in [0.2, 0.25) is 5.91 Å². The quantitative estimate of drug-likeness (QED) is 0.866. The summed E-state index contributed by atoms with van der Waals surface area (Å²) >= 11 is 11.9. The van der Waals surface area contributed by atoms with Crippen LogP contribution in [0.4, 0.5) is 0 Å². The van der Waals surface area contributed by atoms with Gasteiger partial charge in [-0.1, -0.05) is 42.3 Å². The number of carboxylic acids is 1. The highest BCUT2D eigenvalue weighted by Gasteiger charge is 2.38. The van der Waals surface area contributed by atoms with Gasteiger partial charge in [0.25, 0.3) is 0 Å². The van der Waals surface area contributed by atoms with Crippen molar-refractivity contribution in [1.29, 1.82) is 0 Å². The molecule has 1 aromatic rings. The lowest BCUT2D eigenvalue weighted by Crippen LogP contribution is -2.42. The lowest BCUT2D eigenvalue weighted by atomic mass is 10.0. The highest BCUT2D eigenvalue weighted by molar-refractivity contribution is 6.42. The van der Waals surface area contributed by atoms with Gasteiger partial charge >= 0.3 is 5.97 Å². The molecule has 2 rings (SSSR count). The van der Waals surface area contributed by atoms with Crippen molar-refractivity contribution < 1.29 is 14.7 Å². The first-order chi connectivity index (χ1) is 9.91. The van der Waals surface area contributed by atoms with E-state index in [9.17, 15) is 14.7 Å². The molecule has 1 aliphatic heterocycles. The maximum Gasteiger partial charge on any atom is 0.326 e. The second-order valence-electron chi connectivity index (χ2n) is 5.06. The number of carbonyl (C=O) groups excluding carboxylic acids is 1. The Labute approximate surface area is 133 Å². The van der Waals surface area contributed by atoms with E-state index in [1.807, 2.05) is 6.92 Å².